The van der Waals surface area contributed by atoms with Crippen molar-refractivity contribution in [2.24, 2.45) is 0 Å². The molecule has 2 rings (SSSR count). The highest BCUT2D eigenvalue weighted by Gasteiger charge is 2.12. The van der Waals surface area contributed by atoms with E-state index in [0.717, 1.165) is 0 Å². The maximum absolute atomic E-state index is 4.24. The summed E-state index contributed by atoms with van der Waals surface area (Å²) < 4.78 is 0. The van der Waals surface area contributed by atoms with E-state index in [0.29, 0.717) is 0 Å². The molecular formula is C14H18NS+. The molecule has 0 spiro atoms. The zero-order chi connectivity index (χ0) is 11.4. The molecule has 1 aromatic carbocycles. The first kappa shape index (κ1) is 11.4. The quantitative estimate of drug-likeness (QED) is 0.839. The highest BCUT2D eigenvalue weighted by Crippen LogP contribution is 2.22. The van der Waals surface area contributed by atoms with Gasteiger partial charge in [-0.15, -0.1) is 11.3 Å². The van der Waals surface area contributed by atoms with Crippen LogP contribution < -0.4 is 5.73 Å². The first-order valence-electron chi connectivity index (χ1n) is 5.76. The highest BCUT2D eigenvalue weighted by atomic mass is 32.1. The van der Waals surface area contributed by atoms with Gasteiger partial charge in [-0.05, 0) is 23.4 Å². The summed E-state index contributed by atoms with van der Waals surface area (Å²) in [5.41, 5.74) is 6.97. The Hall–Kier alpha value is -1.12. The molecule has 84 valence electrons. The second kappa shape index (κ2) is 5.28. The Balaban J connectivity index is 2.15. The molecule has 1 nitrogen and oxygen atoms in total. The van der Waals surface area contributed by atoms with Gasteiger partial charge in [0.25, 0.3) is 0 Å². The largest absolute Gasteiger partial charge is 0.347 e. The van der Waals surface area contributed by atoms with Crippen molar-refractivity contribution in [2.75, 3.05) is 0 Å². The Morgan fingerprint density at radius 1 is 1.19 bits per heavy atom. The van der Waals surface area contributed by atoms with Crippen molar-refractivity contribution in [2.45, 2.75) is 25.8 Å². The summed E-state index contributed by atoms with van der Waals surface area (Å²) in [6.45, 7) is 2.21. The lowest BCUT2D eigenvalue weighted by Gasteiger charge is -2.07. The molecule has 2 aromatic rings. The Bertz CT molecular complexity index is 417. The lowest BCUT2D eigenvalue weighted by atomic mass is 10.0. The SMILES string of the molecule is CCCc1ccc([C@H]([NH3+])c2cccs2)cc1. The fraction of sp³-hybridized carbons (Fsp3) is 0.286. The van der Waals surface area contributed by atoms with Crippen LogP contribution in [0, 0.1) is 0 Å². The van der Waals surface area contributed by atoms with Gasteiger partial charge in [-0.2, -0.15) is 0 Å². The number of quaternary nitrogens is 1. The zero-order valence-corrected chi connectivity index (χ0v) is 10.5. The molecule has 2 heteroatoms. The first-order chi connectivity index (χ1) is 7.81. The summed E-state index contributed by atoms with van der Waals surface area (Å²) >= 11 is 1.78. The maximum atomic E-state index is 4.24. The van der Waals surface area contributed by atoms with E-state index < -0.39 is 0 Å². The van der Waals surface area contributed by atoms with Crippen LogP contribution in [0.25, 0.3) is 0 Å². The molecule has 0 amide bonds. The van der Waals surface area contributed by atoms with E-state index in [-0.39, 0.29) is 6.04 Å². The van der Waals surface area contributed by atoms with Crippen molar-refractivity contribution in [3.8, 4) is 0 Å². The minimum Gasteiger partial charge on any atom is -0.347 e. The molecule has 0 bridgehead atoms. The number of hydrogen-bond acceptors (Lipinski definition) is 1. The third-order valence-electron chi connectivity index (χ3n) is 2.81. The van der Waals surface area contributed by atoms with E-state index in [9.17, 15) is 0 Å². The lowest BCUT2D eigenvalue weighted by Crippen LogP contribution is -2.53. The van der Waals surface area contributed by atoms with Crippen molar-refractivity contribution in [1.82, 2.24) is 0 Å². The van der Waals surface area contributed by atoms with E-state index in [1.54, 1.807) is 11.3 Å². The van der Waals surface area contributed by atoms with Crippen LogP contribution in [0.1, 0.15) is 35.4 Å². The predicted molar refractivity (Wildman–Crippen MR) is 69.5 cm³/mol. The molecule has 0 saturated heterocycles. The second-order valence-electron chi connectivity index (χ2n) is 4.06. The van der Waals surface area contributed by atoms with Crippen LogP contribution in [0.5, 0.6) is 0 Å². The fourth-order valence-electron chi connectivity index (χ4n) is 1.86. The normalized spacial score (nSPS) is 12.6. The smallest absolute Gasteiger partial charge is 0.145 e. The molecular weight excluding hydrogens is 214 g/mol. The number of aryl methyl sites for hydroxylation is 1. The molecule has 16 heavy (non-hydrogen) atoms. The standard InChI is InChI=1S/C14H17NS/c1-2-4-11-6-8-12(9-7-11)14(15)13-5-3-10-16-13/h3,5-10,14H,2,4,15H2,1H3/p+1/t14-/m0/s1. The Kier molecular flexibility index (Phi) is 3.75. The van der Waals surface area contributed by atoms with Gasteiger partial charge in [-0.25, -0.2) is 0 Å². The maximum Gasteiger partial charge on any atom is 0.145 e. The van der Waals surface area contributed by atoms with Gasteiger partial charge in [0.2, 0.25) is 0 Å². The predicted octanol–water partition coefficient (Wildman–Crippen LogP) is 3.03. The van der Waals surface area contributed by atoms with Crippen LogP contribution in [0.2, 0.25) is 0 Å². The molecule has 0 aliphatic carbocycles. The molecule has 1 atom stereocenters. The number of thiophene rings is 1. The molecule has 3 N–H and O–H groups in total. The van der Waals surface area contributed by atoms with Gasteiger partial charge in [0.05, 0.1) is 4.88 Å². The molecule has 0 fully saturated rings. The number of benzene rings is 1. The lowest BCUT2D eigenvalue weighted by molar-refractivity contribution is -0.410. The summed E-state index contributed by atoms with van der Waals surface area (Å²) in [6.07, 6.45) is 2.37. The van der Waals surface area contributed by atoms with Crippen LogP contribution in [-0.4, -0.2) is 0 Å². The highest BCUT2D eigenvalue weighted by molar-refractivity contribution is 7.10. The molecule has 0 radical (unpaired) electrons. The second-order valence-corrected chi connectivity index (χ2v) is 5.04. The zero-order valence-electron chi connectivity index (χ0n) is 9.65. The van der Waals surface area contributed by atoms with Crippen molar-refractivity contribution >= 4 is 11.3 Å². The fourth-order valence-corrected chi connectivity index (χ4v) is 2.63. The average molecular weight is 232 g/mol. The number of rotatable bonds is 4. The van der Waals surface area contributed by atoms with Crippen LogP contribution >= 0.6 is 11.3 Å². The summed E-state index contributed by atoms with van der Waals surface area (Å²) in [4.78, 5) is 1.34. The van der Waals surface area contributed by atoms with Gasteiger partial charge in [0, 0.05) is 5.56 Å². The summed E-state index contributed by atoms with van der Waals surface area (Å²) in [6, 6.07) is 13.4. The third kappa shape index (κ3) is 2.52. The van der Waals surface area contributed by atoms with E-state index >= 15 is 0 Å². The van der Waals surface area contributed by atoms with Gasteiger partial charge in [-0.3, -0.25) is 0 Å². The molecule has 0 aliphatic heterocycles. The van der Waals surface area contributed by atoms with Gasteiger partial charge >= 0.3 is 0 Å². The monoisotopic (exact) mass is 232 g/mol. The Labute approximate surface area is 101 Å². The van der Waals surface area contributed by atoms with Crippen molar-refractivity contribution in [3.63, 3.8) is 0 Å². The van der Waals surface area contributed by atoms with Crippen LogP contribution in [0.15, 0.2) is 41.8 Å². The minimum absolute atomic E-state index is 0.274. The van der Waals surface area contributed by atoms with Crippen LogP contribution in [0.4, 0.5) is 0 Å². The van der Waals surface area contributed by atoms with Crippen molar-refractivity contribution < 1.29 is 5.73 Å². The van der Waals surface area contributed by atoms with Gasteiger partial charge in [-0.1, -0.05) is 43.7 Å². The molecule has 0 aliphatic rings. The van der Waals surface area contributed by atoms with Crippen LogP contribution in [-0.2, 0) is 6.42 Å². The van der Waals surface area contributed by atoms with E-state index in [4.69, 9.17) is 0 Å². The minimum atomic E-state index is 0.274. The Morgan fingerprint density at radius 3 is 2.50 bits per heavy atom. The first-order valence-corrected chi connectivity index (χ1v) is 6.64. The summed E-state index contributed by atoms with van der Waals surface area (Å²) in [5, 5.41) is 2.11. The molecule has 0 saturated carbocycles. The summed E-state index contributed by atoms with van der Waals surface area (Å²) in [5.74, 6) is 0. The van der Waals surface area contributed by atoms with E-state index in [2.05, 4.69) is 54.4 Å². The van der Waals surface area contributed by atoms with Crippen molar-refractivity contribution in [1.29, 1.82) is 0 Å². The topological polar surface area (TPSA) is 27.6 Å². The van der Waals surface area contributed by atoms with Gasteiger partial charge in [0.15, 0.2) is 0 Å². The van der Waals surface area contributed by atoms with E-state index in [1.165, 1.54) is 28.8 Å². The van der Waals surface area contributed by atoms with Gasteiger partial charge in [0.1, 0.15) is 6.04 Å². The molecule has 0 unspecified atom stereocenters. The van der Waals surface area contributed by atoms with Gasteiger partial charge < -0.3 is 5.73 Å². The summed E-state index contributed by atoms with van der Waals surface area (Å²) in [7, 11) is 0. The molecule has 1 heterocycles. The number of hydrogen-bond donors (Lipinski definition) is 1. The molecule has 1 aromatic heterocycles. The van der Waals surface area contributed by atoms with Crippen molar-refractivity contribution in [3.05, 3.63) is 57.8 Å². The third-order valence-corrected chi connectivity index (χ3v) is 3.79. The van der Waals surface area contributed by atoms with E-state index in [1.807, 2.05) is 0 Å². The van der Waals surface area contributed by atoms with Crippen LogP contribution in [0.3, 0.4) is 0 Å². The Morgan fingerprint density at radius 2 is 1.94 bits per heavy atom. The average Bonchev–Trinajstić information content (AvgIpc) is 2.83.